The Bertz CT molecular complexity index is 665. The van der Waals surface area contributed by atoms with Crippen molar-refractivity contribution >= 4 is 18.2 Å². The zero-order chi connectivity index (χ0) is 18.5. The summed E-state index contributed by atoms with van der Waals surface area (Å²) in [6, 6.07) is 3.96. The molecule has 0 atom stereocenters. The van der Waals surface area contributed by atoms with Crippen LogP contribution in [0.3, 0.4) is 0 Å². The highest BCUT2D eigenvalue weighted by Gasteiger charge is 2.09. The topological polar surface area (TPSA) is 57.5 Å². The lowest BCUT2D eigenvalue weighted by Gasteiger charge is -2.09. The van der Waals surface area contributed by atoms with E-state index in [0.29, 0.717) is 0 Å². The molecule has 5 nitrogen and oxygen atoms in total. The van der Waals surface area contributed by atoms with Crippen molar-refractivity contribution in [1.82, 2.24) is 4.57 Å². The van der Waals surface area contributed by atoms with Crippen LogP contribution in [0.2, 0.25) is 0 Å². The molecule has 1 rings (SSSR count). The van der Waals surface area contributed by atoms with Gasteiger partial charge in [0.15, 0.2) is 0 Å². The molecule has 0 fully saturated rings. The summed E-state index contributed by atoms with van der Waals surface area (Å²) in [6.07, 6.45) is 13.2. The first-order chi connectivity index (χ1) is 12.1. The van der Waals surface area contributed by atoms with E-state index in [1.807, 2.05) is 30.4 Å². The first-order valence-electron chi connectivity index (χ1n) is 8.31. The van der Waals surface area contributed by atoms with Gasteiger partial charge in [0.1, 0.15) is 0 Å². The van der Waals surface area contributed by atoms with Crippen molar-refractivity contribution in [2.24, 2.45) is 0 Å². The van der Waals surface area contributed by atoms with Gasteiger partial charge < -0.3 is 14.0 Å². The molecule has 0 spiro atoms. The SMILES string of the molecule is C=C/C=C\C=C/CCn1c(/C=C/C(=O)OC(=O)OCC)ccc1CC. The molecule has 0 bridgehead atoms. The second kappa shape index (κ2) is 11.7. The summed E-state index contributed by atoms with van der Waals surface area (Å²) < 4.78 is 11.2. The summed E-state index contributed by atoms with van der Waals surface area (Å²) in [5.41, 5.74) is 2.06. The Morgan fingerprint density at radius 2 is 2.00 bits per heavy atom. The quantitative estimate of drug-likeness (QED) is 0.288. The number of aryl methyl sites for hydroxylation is 1. The predicted molar refractivity (Wildman–Crippen MR) is 99.1 cm³/mol. The van der Waals surface area contributed by atoms with Crippen molar-refractivity contribution in [1.29, 1.82) is 0 Å². The third-order valence-corrected chi connectivity index (χ3v) is 3.32. The van der Waals surface area contributed by atoms with Crippen molar-refractivity contribution < 1.29 is 19.1 Å². The number of nitrogens with zero attached hydrogens (tertiary/aromatic N) is 1. The van der Waals surface area contributed by atoms with Crippen molar-refractivity contribution in [3.63, 3.8) is 0 Å². The number of rotatable bonds is 9. The third-order valence-electron chi connectivity index (χ3n) is 3.32. The second-order valence-electron chi connectivity index (χ2n) is 5.03. The van der Waals surface area contributed by atoms with E-state index in [1.165, 1.54) is 11.8 Å². The number of hydrogen-bond acceptors (Lipinski definition) is 4. The van der Waals surface area contributed by atoms with Crippen molar-refractivity contribution in [3.05, 3.63) is 66.6 Å². The van der Waals surface area contributed by atoms with Gasteiger partial charge in [0.2, 0.25) is 0 Å². The maximum absolute atomic E-state index is 11.6. The smallest absolute Gasteiger partial charge is 0.434 e. The van der Waals surface area contributed by atoms with Gasteiger partial charge in [-0.25, -0.2) is 9.59 Å². The van der Waals surface area contributed by atoms with Crippen LogP contribution in [0, 0.1) is 0 Å². The maximum atomic E-state index is 11.6. The van der Waals surface area contributed by atoms with Gasteiger partial charge in [-0.1, -0.05) is 43.9 Å². The zero-order valence-electron chi connectivity index (χ0n) is 14.8. The van der Waals surface area contributed by atoms with Gasteiger partial charge in [-0.15, -0.1) is 0 Å². The highest BCUT2D eigenvalue weighted by molar-refractivity contribution is 5.92. The van der Waals surface area contributed by atoms with Crippen LogP contribution in [0.4, 0.5) is 4.79 Å². The lowest BCUT2D eigenvalue weighted by atomic mass is 10.3. The Labute approximate surface area is 148 Å². The normalized spacial score (nSPS) is 11.4. The molecule has 0 aliphatic carbocycles. The molecule has 134 valence electrons. The lowest BCUT2D eigenvalue weighted by molar-refractivity contribution is -0.134. The van der Waals surface area contributed by atoms with Crippen molar-refractivity contribution in [2.75, 3.05) is 6.61 Å². The van der Waals surface area contributed by atoms with Crippen LogP contribution in [0.5, 0.6) is 0 Å². The molecule has 5 heteroatoms. The minimum absolute atomic E-state index is 0.161. The molecule has 0 saturated carbocycles. The number of aromatic nitrogens is 1. The molecule has 1 heterocycles. The number of esters is 1. The van der Waals surface area contributed by atoms with E-state index in [1.54, 1.807) is 19.1 Å². The molecule has 0 radical (unpaired) electrons. The molecule has 0 saturated heterocycles. The van der Waals surface area contributed by atoms with Gasteiger partial charge >= 0.3 is 12.1 Å². The molecule has 0 aliphatic rings. The van der Waals surface area contributed by atoms with E-state index in [9.17, 15) is 9.59 Å². The Balaban J connectivity index is 2.71. The van der Waals surface area contributed by atoms with Crippen LogP contribution in [0.15, 0.2) is 55.2 Å². The lowest BCUT2D eigenvalue weighted by Crippen LogP contribution is -2.11. The standard InChI is InChI=1S/C20H25NO4/c1-4-7-8-9-10-11-16-21-17(5-2)12-13-18(21)14-15-19(22)25-20(23)24-6-3/h4,7-10,12-15H,1,5-6,11,16H2,2-3H3/b8-7-,10-9-,15-14+. The highest BCUT2D eigenvalue weighted by Crippen LogP contribution is 2.13. The molecule has 0 aliphatic heterocycles. The van der Waals surface area contributed by atoms with Gasteiger partial charge in [-0.3, -0.25) is 0 Å². The fraction of sp³-hybridized carbons (Fsp3) is 0.300. The predicted octanol–water partition coefficient (Wildman–Crippen LogP) is 4.45. The van der Waals surface area contributed by atoms with Crippen LogP contribution in [0.25, 0.3) is 6.08 Å². The largest absolute Gasteiger partial charge is 0.516 e. The summed E-state index contributed by atoms with van der Waals surface area (Å²) in [4.78, 5) is 22.7. The monoisotopic (exact) mass is 343 g/mol. The van der Waals surface area contributed by atoms with Crippen LogP contribution in [0.1, 0.15) is 31.7 Å². The number of hydrogen-bond donors (Lipinski definition) is 0. The summed E-state index contributed by atoms with van der Waals surface area (Å²) in [5, 5.41) is 0. The Hall–Kier alpha value is -2.82. The van der Waals surface area contributed by atoms with Gasteiger partial charge in [0, 0.05) is 24.0 Å². The first kappa shape index (κ1) is 20.2. The second-order valence-corrected chi connectivity index (χ2v) is 5.03. The van der Waals surface area contributed by atoms with Crippen molar-refractivity contribution in [2.45, 2.75) is 33.2 Å². The minimum atomic E-state index is -0.987. The number of carbonyl (C=O) groups is 2. The van der Waals surface area contributed by atoms with Gasteiger partial charge in [-0.2, -0.15) is 0 Å². The molecule has 1 aromatic rings. The summed E-state index contributed by atoms with van der Waals surface area (Å²) >= 11 is 0. The fourth-order valence-corrected chi connectivity index (χ4v) is 2.19. The van der Waals surface area contributed by atoms with E-state index in [-0.39, 0.29) is 6.61 Å². The molecule has 1 aromatic heterocycles. The first-order valence-corrected chi connectivity index (χ1v) is 8.31. The maximum Gasteiger partial charge on any atom is 0.516 e. The molecule has 25 heavy (non-hydrogen) atoms. The average molecular weight is 343 g/mol. The van der Waals surface area contributed by atoms with Crippen LogP contribution in [-0.4, -0.2) is 23.3 Å². The average Bonchev–Trinajstić information content (AvgIpc) is 2.98. The number of ether oxygens (including phenoxy) is 2. The molecular formula is C20H25NO4. The number of carbonyl (C=O) groups excluding carboxylic acids is 2. The van der Waals surface area contributed by atoms with Crippen LogP contribution < -0.4 is 0 Å². The minimum Gasteiger partial charge on any atom is -0.434 e. The molecular weight excluding hydrogens is 318 g/mol. The van der Waals surface area contributed by atoms with Gasteiger partial charge in [0.05, 0.1) is 6.61 Å². The Morgan fingerprint density at radius 1 is 1.20 bits per heavy atom. The van der Waals surface area contributed by atoms with E-state index in [0.717, 1.165) is 25.1 Å². The van der Waals surface area contributed by atoms with Crippen LogP contribution in [-0.2, 0) is 27.2 Å². The highest BCUT2D eigenvalue weighted by atomic mass is 16.7. The van der Waals surface area contributed by atoms with Crippen LogP contribution >= 0.6 is 0 Å². The van der Waals surface area contributed by atoms with E-state index < -0.39 is 12.1 Å². The molecule has 0 unspecified atom stereocenters. The third kappa shape index (κ3) is 7.52. The molecule has 0 N–H and O–H groups in total. The van der Waals surface area contributed by atoms with Crippen molar-refractivity contribution in [3.8, 4) is 0 Å². The molecule has 0 aromatic carbocycles. The fourth-order valence-electron chi connectivity index (χ4n) is 2.19. The number of allylic oxidation sites excluding steroid dienone is 5. The van der Waals surface area contributed by atoms with Gasteiger partial charge in [-0.05, 0) is 38.0 Å². The Morgan fingerprint density at radius 3 is 2.68 bits per heavy atom. The molecule has 0 amide bonds. The summed E-state index contributed by atoms with van der Waals surface area (Å²) in [6.45, 7) is 8.29. The van der Waals surface area contributed by atoms with Gasteiger partial charge in [0.25, 0.3) is 0 Å². The summed E-state index contributed by atoms with van der Waals surface area (Å²) in [5.74, 6) is -0.751. The Kier molecular flexibility index (Phi) is 9.45. The summed E-state index contributed by atoms with van der Waals surface area (Å²) in [7, 11) is 0. The zero-order valence-corrected chi connectivity index (χ0v) is 14.8. The van der Waals surface area contributed by atoms with E-state index in [2.05, 4.69) is 33.6 Å². The van der Waals surface area contributed by atoms with E-state index in [4.69, 9.17) is 0 Å². The van der Waals surface area contributed by atoms with E-state index >= 15 is 0 Å².